The maximum atomic E-state index is 12.5. The lowest BCUT2D eigenvalue weighted by Crippen LogP contribution is -2.46. The Hall–Kier alpha value is -1.10. The summed E-state index contributed by atoms with van der Waals surface area (Å²) < 4.78 is 0. The highest BCUT2D eigenvalue weighted by Gasteiger charge is 2.47. The highest BCUT2D eigenvalue weighted by Crippen LogP contribution is 2.40. The predicted molar refractivity (Wildman–Crippen MR) is 76.1 cm³/mol. The van der Waals surface area contributed by atoms with Crippen LogP contribution in [0, 0.1) is 11.8 Å². The standard InChI is InChI=1S/C15H26N2O3/c1-10(9-16)6-7-14(18)17-12-5-3-2-4-11(12)8-13(17)15(19)20/h10-13H,2-9,16H2,1H3,(H,19,20). The zero-order chi connectivity index (χ0) is 14.7. The molecule has 2 aliphatic rings. The van der Waals surface area contributed by atoms with Gasteiger partial charge in [0.2, 0.25) is 5.91 Å². The number of likely N-dealkylation sites (tertiary alicyclic amines) is 1. The Labute approximate surface area is 120 Å². The zero-order valence-corrected chi connectivity index (χ0v) is 12.3. The van der Waals surface area contributed by atoms with Gasteiger partial charge in [0.25, 0.3) is 0 Å². The van der Waals surface area contributed by atoms with Crippen LogP contribution in [-0.4, -0.2) is 40.5 Å². The molecule has 1 saturated heterocycles. The Bertz CT molecular complexity index is 372. The van der Waals surface area contributed by atoms with Crippen molar-refractivity contribution in [2.75, 3.05) is 6.54 Å². The van der Waals surface area contributed by atoms with E-state index in [0.29, 0.717) is 31.2 Å². The molecule has 1 saturated carbocycles. The molecular formula is C15H26N2O3. The van der Waals surface area contributed by atoms with Crippen LogP contribution in [0.4, 0.5) is 0 Å². The number of nitrogens with zero attached hydrogens (tertiary/aromatic N) is 1. The second kappa shape index (κ2) is 6.57. The van der Waals surface area contributed by atoms with Gasteiger partial charge in [0, 0.05) is 12.5 Å². The fourth-order valence-electron chi connectivity index (χ4n) is 3.66. The van der Waals surface area contributed by atoms with Gasteiger partial charge in [-0.1, -0.05) is 19.8 Å². The molecule has 1 aliphatic heterocycles. The van der Waals surface area contributed by atoms with Crippen molar-refractivity contribution in [1.82, 2.24) is 4.90 Å². The van der Waals surface area contributed by atoms with E-state index >= 15 is 0 Å². The largest absolute Gasteiger partial charge is 0.480 e. The summed E-state index contributed by atoms with van der Waals surface area (Å²) in [5, 5.41) is 9.39. The molecule has 1 amide bonds. The topological polar surface area (TPSA) is 83.6 Å². The van der Waals surface area contributed by atoms with E-state index < -0.39 is 12.0 Å². The predicted octanol–water partition coefficient (Wildman–Crippen LogP) is 1.61. The molecule has 20 heavy (non-hydrogen) atoms. The van der Waals surface area contributed by atoms with Crippen molar-refractivity contribution < 1.29 is 14.7 Å². The first-order valence-electron chi connectivity index (χ1n) is 7.78. The number of nitrogens with two attached hydrogens (primary N) is 1. The minimum absolute atomic E-state index is 0.00657. The van der Waals surface area contributed by atoms with Gasteiger partial charge >= 0.3 is 5.97 Å². The van der Waals surface area contributed by atoms with Gasteiger partial charge in [0.15, 0.2) is 0 Å². The summed E-state index contributed by atoms with van der Waals surface area (Å²) in [5.74, 6) is -0.139. The van der Waals surface area contributed by atoms with Gasteiger partial charge < -0.3 is 15.7 Å². The number of fused-ring (bicyclic) bond motifs is 1. The van der Waals surface area contributed by atoms with Crippen molar-refractivity contribution in [2.24, 2.45) is 17.6 Å². The highest BCUT2D eigenvalue weighted by molar-refractivity contribution is 5.84. The third kappa shape index (κ3) is 3.14. The Balaban J connectivity index is 2.04. The minimum Gasteiger partial charge on any atom is -0.480 e. The second-order valence-electron chi connectivity index (χ2n) is 6.38. The van der Waals surface area contributed by atoms with Crippen LogP contribution in [0.25, 0.3) is 0 Å². The van der Waals surface area contributed by atoms with Crippen molar-refractivity contribution in [3.8, 4) is 0 Å². The lowest BCUT2D eigenvalue weighted by molar-refractivity contribution is -0.150. The Kier molecular flexibility index (Phi) is 5.02. The van der Waals surface area contributed by atoms with Crippen LogP contribution in [0.5, 0.6) is 0 Å². The van der Waals surface area contributed by atoms with Gasteiger partial charge in [0.1, 0.15) is 6.04 Å². The molecule has 0 bridgehead atoms. The van der Waals surface area contributed by atoms with Gasteiger partial charge in [-0.05, 0) is 44.1 Å². The molecule has 2 rings (SSSR count). The first-order valence-corrected chi connectivity index (χ1v) is 7.78. The average molecular weight is 282 g/mol. The van der Waals surface area contributed by atoms with E-state index in [4.69, 9.17) is 5.73 Å². The summed E-state index contributed by atoms with van der Waals surface area (Å²) in [5.41, 5.74) is 5.57. The first kappa shape index (κ1) is 15.3. The van der Waals surface area contributed by atoms with E-state index in [2.05, 4.69) is 0 Å². The molecular weight excluding hydrogens is 256 g/mol. The number of carboxylic acids is 1. The Morgan fingerprint density at radius 2 is 2.05 bits per heavy atom. The number of aliphatic carboxylic acids is 1. The van der Waals surface area contributed by atoms with Gasteiger partial charge in [-0.15, -0.1) is 0 Å². The first-order chi connectivity index (χ1) is 9.54. The van der Waals surface area contributed by atoms with E-state index in [9.17, 15) is 14.7 Å². The van der Waals surface area contributed by atoms with E-state index in [0.717, 1.165) is 25.7 Å². The highest BCUT2D eigenvalue weighted by atomic mass is 16.4. The molecule has 0 aromatic heterocycles. The van der Waals surface area contributed by atoms with Crippen LogP contribution in [0.15, 0.2) is 0 Å². The van der Waals surface area contributed by atoms with E-state index in [1.807, 2.05) is 6.92 Å². The molecule has 0 aromatic carbocycles. The van der Waals surface area contributed by atoms with Crippen LogP contribution in [-0.2, 0) is 9.59 Å². The normalized spacial score (nSPS) is 30.9. The van der Waals surface area contributed by atoms with Crippen LogP contribution < -0.4 is 5.73 Å². The quantitative estimate of drug-likeness (QED) is 0.802. The molecule has 4 unspecified atom stereocenters. The molecule has 4 atom stereocenters. The summed E-state index contributed by atoms with van der Waals surface area (Å²) in [6.45, 7) is 2.59. The SMILES string of the molecule is CC(CN)CCC(=O)N1C(C(=O)O)CC2CCCCC21. The molecule has 5 heteroatoms. The van der Waals surface area contributed by atoms with Gasteiger partial charge in [-0.2, -0.15) is 0 Å². The van der Waals surface area contributed by atoms with Crippen molar-refractivity contribution in [3.63, 3.8) is 0 Å². The van der Waals surface area contributed by atoms with Crippen LogP contribution in [0.3, 0.4) is 0 Å². The zero-order valence-electron chi connectivity index (χ0n) is 12.3. The van der Waals surface area contributed by atoms with Crippen molar-refractivity contribution >= 4 is 11.9 Å². The van der Waals surface area contributed by atoms with E-state index in [-0.39, 0.29) is 11.9 Å². The fraction of sp³-hybridized carbons (Fsp3) is 0.867. The lowest BCUT2D eigenvalue weighted by Gasteiger charge is -2.33. The molecule has 0 radical (unpaired) electrons. The number of hydrogen-bond acceptors (Lipinski definition) is 3. The summed E-state index contributed by atoms with van der Waals surface area (Å²) in [6.07, 6.45) is 6.11. The molecule has 5 nitrogen and oxygen atoms in total. The second-order valence-corrected chi connectivity index (χ2v) is 6.38. The third-order valence-corrected chi connectivity index (χ3v) is 4.91. The maximum Gasteiger partial charge on any atom is 0.326 e. The fourth-order valence-corrected chi connectivity index (χ4v) is 3.66. The number of amides is 1. The molecule has 0 spiro atoms. The molecule has 114 valence electrons. The summed E-state index contributed by atoms with van der Waals surface area (Å²) in [7, 11) is 0. The number of rotatable bonds is 5. The van der Waals surface area contributed by atoms with Crippen LogP contribution in [0.2, 0.25) is 0 Å². The molecule has 1 aliphatic carbocycles. The summed E-state index contributed by atoms with van der Waals surface area (Å²) >= 11 is 0. The molecule has 3 N–H and O–H groups in total. The third-order valence-electron chi connectivity index (χ3n) is 4.91. The number of carbonyl (C=O) groups is 2. The van der Waals surface area contributed by atoms with Crippen molar-refractivity contribution in [2.45, 2.75) is 64.0 Å². The van der Waals surface area contributed by atoms with Crippen molar-refractivity contribution in [1.29, 1.82) is 0 Å². The van der Waals surface area contributed by atoms with Gasteiger partial charge in [-0.25, -0.2) is 4.79 Å². The molecule has 0 aromatic rings. The van der Waals surface area contributed by atoms with E-state index in [1.165, 1.54) is 6.42 Å². The average Bonchev–Trinajstić information content (AvgIpc) is 2.84. The maximum absolute atomic E-state index is 12.5. The lowest BCUT2D eigenvalue weighted by atomic mass is 9.84. The van der Waals surface area contributed by atoms with Crippen molar-refractivity contribution in [3.05, 3.63) is 0 Å². The Morgan fingerprint density at radius 1 is 1.35 bits per heavy atom. The molecule has 2 fully saturated rings. The van der Waals surface area contributed by atoms with Gasteiger partial charge in [0.05, 0.1) is 0 Å². The molecule has 1 heterocycles. The smallest absolute Gasteiger partial charge is 0.326 e. The Morgan fingerprint density at radius 3 is 2.70 bits per heavy atom. The summed E-state index contributed by atoms with van der Waals surface area (Å²) in [4.78, 5) is 25.6. The van der Waals surface area contributed by atoms with Crippen LogP contribution >= 0.6 is 0 Å². The van der Waals surface area contributed by atoms with Crippen LogP contribution in [0.1, 0.15) is 51.9 Å². The van der Waals surface area contributed by atoms with Gasteiger partial charge in [-0.3, -0.25) is 4.79 Å². The number of carboxylic acid groups (broad SMARTS) is 1. The minimum atomic E-state index is -0.848. The monoisotopic (exact) mass is 282 g/mol. The number of carbonyl (C=O) groups excluding carboxylic acids is 1. The van der Waals surface area contributed by atoms with E-state index in [1.54, 1.807) is 4.90 Å². The number of hydrogen-bond donors (Lipinski definition) is 2. The summed E-state index contributed by atoms with van der Waals surface area (Å²) in [6, 6.07) is -0.450.